The van der Waals surface area contributed by atoms with E-state index in [2.05, 4.69) is 15.2 Å². The van der Waals surface area contributed by atoms with E-state index >= 15 is 0 Å². The van der Waals surface area contributed by atoms with Crippen LogP contribution in [0.15, 0.2) is 53.9 Å². The van der Waals surface area contributed by atoms with Crippen LogP contribution in [0.4, 0.5) is 0 Å². The lowest BCUT2D eigenvalue weighted by molar-refractivity contribution is -0.129. The molecule has 1 amide bonds. The number of aromatic nitrogens is 4. The monoisotopic (exact) mass is 409 g/mol. The summed E-state index contributed by atoms with van der Waals surface area (Å²) >= 11 is 1.44. The Bertz CT molecular complexity index is 968. The van der Waals surface area contributed by atoms with Crippen molar-refractivity contribution in [3.8, 4) is 22.8 Å². The van der Waals surface area contributed by atoms with Gasteiger partial charge in [-0.15, -0.1) is 10.2 Å². The molecule has 1 fully saturated rings. The van der Waals surface area contributed by atoms with Gasteiger partial charge >= 0.3 is 0 Å². The van der Waals surface area contributed by atoms with Gasteiger partial charge in [0.2, 0.25) is 5.91 Å². The molecule has 7 nitrogen and oxygen atoms in total. The summed E-state index contributed by atoms with van der Waals surface area (Å²) in [5.41, 5.74) is 1.82. The van der Waals surface area contributed by atoms with Gasteiger partial charge in [0.05, 0.1) is 12.4 Å². The number of benzene rings is 1. The van der Waals surface area contributed by atoms with Gasteiger partial charge in [0.15, 0.2) is 11.0 Å². The maximum atomic E-state index is 12.8. The molecule has 1 aliphatic rings. The van der Waals surface area contributed by atoms with Crippen LogP contribution in [0.5, 0.6) is 5.75 Å². The summed E-state index contributed by atoms with van der Waals surface area (Å²) < 4.78 is 7.26. The average molecular weight is 410 g/mol. The fraction of sp³-hybridized carbons (Fsp3) is 0.333. The van der Waals surface area contributed by atoms with Gasteiger partial charge in [0.25, 0.3) is 0 Å². The lowest BCUT2D eigenvalue weighted by atomic mass is 10.2. The molecule has 4 rings (SSSR count). The van der Waals surface area contributed by atoms with Crippen molar-refractivity contribution in [1.82, 2.24) is 24.6 Å². The molecule has 1 atom stereocenters. The van der Waals surface area contributed by atoms with Gasteiger partial charge < -0.3 is 9.64 Å². The highest BCUT2D eigenvalue weighted by Gasteiger charge is 2.26. The molecule has 3 heterocycles. The first-order valence-corrected chi connectivity index (χ1v) is 10.5. The van der Waals surface area contributed by atoms with E-state index in [4.69, 9.17) is 4.74 Å². The molecule has 150 valence electrons. The van der Waals surface area contributed by atoms with Crippen LogP contribution in [-0.2, 0) is 4.79 Å². The fourth-order valence-electron chi connectivity index (χ4n) is 3.40. The minimum Gasteiger partial charge on any atom is -0.497 e. The minimum atomic E-state index is -0.236. The molecular formula is C21H23N5O2S. The number of pyridine rings is 1. The van der Waals surface area contributed by atoms with Gasteiger partial charge in [0.1, 0.15) is 5.75 Å². The number of carbonyl (C=O) groups is 1. The van der Waals surface area contributed by atoms with Crippen LogP contribution < -0.4 is 4.74 Å². The number of ether oxygens (including phenoxy) is 1. The van der Waals surface area contributed by atoms with Gasteiger partial charge in [0, 0.05) is 36.7 Å². The molecule has 0 bridgehead atoms. The van der Waals surface area contributed by atoms with E-state index in [9.17, 15) is 4.79 Å². The lowest BCUT2D eigenvalue weighted by Crippen LogP contribution is -2.34. The first kappa shape index (κ1) is 19.4. The molecule has 0 saturated carbocycles. The fourth-order valence-corrected chi connectivity index (χ4v) is 4.35. The van der Waals surface area contributed by atoms with E-state index < -0.39 is 0 Å². The Morgan fingerprint density at radius 2 is 1.76 bits per heavy atom. The summed E-state index contributed by atoms with van der Waals surface area (Å²) in [7, 11) is 1.64. The van der Waals surface area contributed by atoms with Crippen LogP contribution in [0.3, 0.4) is 0 Å². The molecule has 8 heteroatoms. The Kier molecular flexibility index (Phi) is 5.80. The number of hydrogen-bond acceptors (Lipinski definition) is 6. The molecule has 3 aromatic rings. The number of methoxy groups -OCH3 is 1. The van der Waals surface area contributed by atoms with Crippen molar-refractivity contribution >= 4 is 17.7 Å². The second-order valence-electron chi connectivity index (χ2n) is 6.87. The van der Waals surface area contributed by atoms with E-state index in [0.29, 0.717) is 11.0 Å². The molecular weight excluding hydrogens is 386 g/mol. The number of nitrogens with zero attached hydrogens (tertiary/aromatic N) is 5. The molecule has 1 saturated heterocycles. The van der Waals surface area contributed by atoms with Crippen LogP contribution in [0.1, 0.15) is 19.8 Å². The van der Waals surface area contributed by atoms with Crippen LogP contribution in [-0.4, -0.2) is 56.0 Å². The minimum absolute atomic E-state index is 0.155. The van der Waals surface area contributed by atoms with Crippen molar-refractivity contribution in [3.63, 3.8) is 0 Å². The van der Waals surface area contributed by atoms with Gasteiger partial charge in [-0.25, -0.2) is 0 Å². The zero-order valence-electron chi connectivity index (χ0n) is 16.5. The topological polar surface area (TPSA) is 73.1 Å². The third-order valence-electron chi connectivity index (χ3n) is 4.95. The zero-order chi connectivity index (χ0) is 20.2. The number of likely N-dealkylation sites (tertiary alicyclic amines) is 1. The van der Waals surface area contributed by atoms with Crippen molar-refractivity contribution in [3.05, 3.63) is 48.8 Å². The highest BCUT2D eigenvalue weighted by atomic mass is 32.2. The average Bonchev–Trinajstić information content (AvgIpc) is 3.44. The Labute approximate surface area is 174 Å². The first-order valence-electron chi connectivity index (χ1n) is 9.63. The molecule has 1 aliphatic heterocycles. The second-order valence-corrected chi connectivity index (χ2v) is 8.18. The van der Waals surface area contributed by atoms with E-state index in [1.807, 2.05) is 52.8 Å². The van der Waals surface area contributed by atoms with Crippen molar-refractivity contribution < 1.29 is 9.53 Å². The molecule has 0 aliphatic carbocycles. The summed E-state index contributed by atoms with van der Waals surface area (Å²) in [6.07, 6.45) is 5.62. The highest BCUT2D eigenvalue weighted by molar-refractivity contribution is 8.00. The van der Waals surface area contributed by atoms with Gasteiger partial charge in [-0.05, 0) is 56.2 Å². The number of rotatable bonds is 6. The third-order valence-corrected chi connectivity index (χ3v) is 5.98. The SMILES string of the molecule is COc1ccc(-n2c(S[C@@H](C)C(=O)N3CCCC3)nnc2-c2ccncc2)cc1. The smallest absolute Gasteiger partial charge is 0.235 e. The Hall–Kier alpha value is -2.87. The number of thioether (sulfide) groups is 1. The van der Waals surface area contributed by atoms with E-state index in [-0.39, 0.29) is 11.2 Å². The normalized spacial score (nSPS) is 14.8. The number of carbonyl (C=O) groups excluding carboxylic acids is 1. The van der Waals surface area contributed by atoms with Gasteiger partial charge in [-0.3, -0.25) is 14.3 Å². The van der Waals surface area contributed by atoms with E-state index in [1.54, 1.807) is 19.5 Å². The molecule has 1 aromatic carbocycles. The Balaban J connectivity index is 1.69. The van der Waals surface area contributed by atoms with E-state index in [0.717, 1.165) is 42.9 Å². The largest absolute Gasteiger partial charge is 0.497 e. The van der Waals surface area contributed by atoms with Crippen molar-refractivity contribution in [1.29, 1.82) is 0 Å². The molecule has 2 aromatic heterocycles. The quantitative estimate of drug-likeness (QED) is 0.581. The predicted octanol–water partition coefficient (Wildman–Crippen LogP) is 3.44. The Morgan fingerprint density at radius 1 is 1.07 bits per heavy atom. The molecule has 0 N–H and O–H groups in total. The molecule has 0 spiro atoms. The molecule has 0 unspecified atom stereocenters. The highest BCUT2D eigenvalue weighted by Crippen LogP contribution is 2.31. The van der Waals surface area contributed by atoms with Gasteiger partial charge in [-0.1, -0.05) is 11.8 Å². The standard InChI is InChI=1S/C21H23N5O2S/c1-15(20(27)25-13-3-4-14-25)29-21-24-23-19(16-9-11-22-12-10-16)26(21)17-5-7-18(28-2)8-6-17/h5-12,15H,3-4,13-14H2,1-2H3/t15-/m0/s1. The van der Waals surface area contributed by atoms with Crippen molar-refractivity contribution in [2.45, 2.75) is 30.2 Å². The van der Waals surface area contributed by atoms with Crippen molar-refractivity contribution in [2.75, 3.05) is 20.2 Å². The van der Waals surface area contributed by atoms with Crippen LogP contribution in [0.25, 0.3) is 17.1 Å². The molecule has 0 radical (unpaired) electrons. The summed E-state index contributed by atoms with van der Waals surface area (Å²) in [6, 6.07) is 11.5. The van der Waals surface area contributed by atoms with Crippen molar-refractivity contribution in [2.24, 2.45) is 0 Å². The maximum absolute atomic E-state index is 12.8. The summed E-state index contributed by atoms with van der Waals surface area (Å²) in [5.74, 6) is 1.64. The summed E-state index contributed by atoms with van der Waals surface area (Å²) in [6.45, 7) is 3.62. The first-order chi connectivity index (χ1) is 14.2. The zero-order valence-corrected chi connectivity index (χ0v) is 17.3. The Morgan fingerprint density at radius 3 is 2.41 bits per heavy atom. The van der Waals surface area contributed by atoms with E-state index in [1.165, 1.54) is 11.8 Å². The van der Waals surface area contributed by atoms with Crippen LogP contribution in [0, 0.1) is 0 Å². The lowest BCUT2D eigenvalue weighted by Gasteiger charge is -2.20. The molecule has 29 heavy (non-hydrogen) atoms. The second kappa shape index (κ2) is 8.65. The van der Waals surface area contributed by atoms with Crippen LogP contribution in [0.2, 0.25) is 0 Å². The predicted molar refractivity (Wildman–Crippen MR) is 112 cm³/mol. The summed E-state index contributed by atoms with van der Waals surface area (Å²) in [5, 5.41) is 9.28. The summed E-state index contributed by atoms with van der Waals surface area (Å²) in [4.78, 5) is 18.8. The number of hydrogen-bond donors (Lipinski definition) is 0. The van der Waals surface area contributed by atoms with Gasteiger partial charge in [-0.2, -0.15) is 0 Å². The number of amides is 1. The van der Waals surface area contributed by atoms with Crippen LogP contribution >= 0.6 is 11.8 Å². The maximum Gasteiger partial charge on any atom is 0.235 e. The third kappa shape index (κ3) is 4.12.